The van der Waals surface area contributed by atoms with Crippen LogP contribution in [0.15, 0.2) is 183 Å². The van der Waals surface area contributed by atoms with Crippen molar-refractivity contribution >= 4 is 145 Å². The summed E-state index contributed by atoms with van der Waals surface area (Å²) in [6, 6.07) is 45.4. The highest BCUT2D eigenvalue weighted by molar-refractivity contribution is 6.64. The summed E-state index contributed by atoms with van der Waals surface area (Å²) >= 11 is 18.1. The number of pyridine rings is 6. The van der Waals surface area contributed by atoms with Gasteiger partial charge in [0.15, 0.2) is 40.5 Å². The zero-order valence-corrected chi connectivity index (χ0v) is 81.8. The molecule has 12 aromatic rings. The Morgan fingerprint density at radius 1 is 0.290 bits per heavy atom. The Balaban J connectivity index is 0.000000140. The predicted octanol–water partition coefficient (Wildman–Crippen LogP) is 13.0. The molecule has 6 N–H and O–H groups in total. The lowest BCUT2D eigenvalue weighted by Gasteiger charge is -2.19. The molecule has 0 saturated carbocycles. The zero-order chi connectivity index (χ0) is 101. The molecule has 6 aliphatic heterocycles. The van der Waals surface area contributed by atoms with Gasteiger partial charge in [-0.15, -0.1) is 0 Å². The van der Waals surface area contributed by atoms with Gasteiger partial charge in [0.25, 0.3) is 0 Å². The number of rotatable bonds is 18. The van der Waals surface area contributed by atoms with Crippen molar-refractivity contribution in [2.75, 3.05) is 0 Å². The summed E-state index contributed by atoms with van der Waals surface area (Å²) in [5, 5.41) is 61.3. The maximum Gasteiger partial charge on any atom is 0.492 e. The van der Waals surface area contributed by atoms with E-state index in [0.29, 0.717) is 70.7 Å². The summed E-state index contributed by atoms with van der Waals surface area (Å²) in [4.78, 5) is 97.9. The number of aromatic nitrogens is 6. The third-order valence-corrected chi connectivity index (χ3v) is 25.7. The molecular formula is C102H102B6Cl3F3N6O18. The topological polar surface area (TPSA) is 357 Å². The molecule has 6 aromatic carbocycles. The first-order chi connectivity index (χ1) is 64.7. The lowest BCUT2D eigenvalue weighted by atomic mass is 9.77. The second-order valence-corrected chi connectivity index (χ2v) is 39.1. The average Bonchev–Trinajstić information content (AvgIpc) is 1.65. The van der Waals surface area contributed by atoms with Gasteiger partial charge in [-0.1, -0.05) is 156 Å². The number of ketones is 6. The Hall–Kier alpha value is -11.2. The standard InChI is InChI=1S/3C17H17BClNO3.3C17H17BFNO3/c1-10-4-7-14(20-16(10)19)15(21)9-11-5-6-12-13(8-11)18(22)23-17(12,2)3;1-10-9-20-15(8-14(10)19)16(21)7-11-4-5-12-13(6-11)18(22)23-17(12,2)3;1-10-6-14(19)16(20-9-10)15(21)8-11-4-5-12-13(7-11)18(22)23-17(12,2)3;1-10-4-7-14(20-16(10)19)15(21)9-11-5-6-12-13(8-11)18(22)23-17(12,2)3;1-10-9-20-15(8-14(10)19)16(21)7-11-4-5-12-13(6-11)18(22)23-17(12,2)3;1-10-6-14(19)16(20-9-10)15(21)8-11-4-5-12-13(7-11)18(22)23-17(12,2)3/h4-8,22H,9H2,1-3H3;4-6,8-9,22H,7H2,1-3H3;4-7,9,22H,8H2,1-3H3;4-8,22H,9H2,1-3H3;4-6,8-9,22H,7H2,1-3H3;4-7,9,22H,8H2,1-3H3. The molecule has 708 valence electrons. The molecule has 6 aromatic heterocycles. The number of hydrogen-bond donors (Lipinski definition) is 6. The van der Waals surface area contributed by atoms with E-state index < -0.39 is 99.7 Å². The van der Waals surface area contributed by atoms with Crippen LogP contribution in [0.25, 0.3) is 0 Å². The number of carbonyl (C=O) groups excluding carboxylic acids is 6. The largest absolute Gasteiger partial charge is 0.492 e. The van der Waals surface area contributed by atoms with E-state index in [1.807, 2.05) is 189 Å². The number of halogens is 6. The van der Waals surface area contributed by atoms with Crippen LogP contribution in [-0.2, 0) is 100 Å². The van der Waals surface area contributed by atoms with Crippen molar-refractivity contribution in [2.45, 2.75) is 197 Å². The van der Waals surface area contributed by atoms with Gasteiger partial charge < -0.3 is 58.1 Å². The van der Waals surface area contributed by atoms with Crippen molar-refractivity contribution in [2.24, 2.45) is 0 Å². The second-order valence-electron chi connectivity index (χ2n) is 37.9. The quantitative estimate of drug-likeness (QED) is 0.0264. The van der Waals surface area contributed by atoms with Crippen molar-refractivity contribution in [1.82, 2.24) is 29.9 Å². The number of Topliss-reactive ketones (excluding diaryl/α,β-unsaturated/α-hetero) is 6. The summed E-state index contributed by atoms with van der Waals surface area (Å²) in [7, 11) is -5.88. The average molecular weight is 1930 g/mol. The first-order valence-electron chi connectivity index (χ1n) is 44.6. The Labute approximate surface area is 816 Å². The number of fused-ring (bicyclic) bond motifs is 6. The molecule has 0 radical (unpaired) electrons. The van der Waals surface area contributed by atoms with Gasteiger partial charge in [-0.3, -0.25) is 43.7 Å². The lowest BCUT2D eigenvalue weighted by Crippen LogP contribution is -2.29. The first kappa shape index (κ1) is 104. The molecule has 0 spiro atoms. The van der Waals surface area contributed by atoms with E-state index in [9.17, 15) is 72.1 Å². The monoisotopic (exact) mass is 1930 g/mol. The normalized spacial score (nSPS) is 15.6. The summed E-state index contributed by atoms with van der Waals surface area (Å²) in [5.74, 6) is -2.98. The van der Waals surface area contributed by atoms with Crippen molar-refractivity contribution in [3.63, 3.8) is 0 Å². The fourth-order valence-electron chi connectivity index (χ4n) is 17.0. The van der Waals surface area contributed by atoms with E-state index >= 15 is 0 Å². The highest BCUT2D eigenvalue weighted by Gasteiger charge is 2.47. The number of carbonyl (C=O) groups is 6. The van der Waals surface area contributed by atoms with E-state index in [2.05, 4.69) is 29.9 Å². The van der Waals surface area contributed by atoms with E-state index in [-0.39, 0.29) is 90.2 Å². The zero-order valence-electron chi connectivity index (χ0n) is 79.6. The van der Waals surface area contributed by atoms with Crippen LogP contribution in [0, 0.1) is 59.1 Å². The third kappa shape index (κ3) is 23.9. The highest BCUT2D eigenvalue weighted by Crippen LogP contribution is 2.37. The molecule has 12 heterocycles. The summed E-state index contributed by atoms with van der Waals surface area (Å²) in [6.07, 6.45) is 6.83. The van der Waals surface area contributed by atoms with Crippen molar-refractivity contribution in [3.05, 3.63) is 350 Å². The minimum absolute atomic E-state index is 0.0212. The maximum absolute atomic E-state index is 13.8. The van der Waals surface area contributed by atoms with Crippen LogP contribution >= 0.6 is 34.8 Å². The molecule has 138 heavy (non-hydrogen) atoms. The van der Waals surface area contributed by atoms with Crippen LogP contribution in [-0.4, -0.2) is 137 Å². The van der Waals surface area contributed by atoms with Crippen LogP contribution in [0.2, 0.25) is 15.2 Å². The van der Waals surface area contributed by atoms with E-state index in [4.69, 9.17) is 62.7 Å². The fraction of sp³-hybridized carbons (Fsp3) is 0.294. The van der Waals surface area contributed by atoms with Crippen LogP contribution in [0.4, 0.5) is 13.2 Å². The number of benzene rings is 6. The molecule has 0 unspecified atom stereocenters. The third-order valence-electron chi connectivity index (χ3n) is 24.6. The molecule has 0 amide bonds. The van der Waals surface area contributed by atoms with Crippen LogP contribution < -0.4 is 32.8 Å². The SMILES string of the molecule is Cc1ccc(C(=O)Cc2ccc3c(c2)B(O)OC3(C)C)nc1Cl.Cc1ccc(C(=O)Cc2ccc3c(c2)B(O)OC3(C)C)nc1F.Cc1cnc(C(=O)Cc2ccc3c(c2)B(O)OC3(C)C)c(Cl)c1.Cc1cnc(C(=O)Cc2ccc3c(c2)B(O)OC3(C)C)c(F)c1.Cc1cnc(C(=O)Cc2ccc3c(c2)B(O)OC3(C)C)cc1Cl.Cc1cnc(C(=O)Cc2ccc3c(c2)B(O)OC3(C)C)cc1F. The molecule has 0 aliphatic carbocycles. The number of hydrogen-bond acceptors (Lipinski definition) is 24. The van der Waals surface area contributed by atoms with Gasteiger partial charge in [0.2, 0.25) is 5.95 Å². The number of nitrogens with zero attached hydrogens (tertiary/aromatic N) is 6. The molecule has 0 saturated heterocycles. The fourth-order valence-corrected chi connectivity index (χ4v) is 17.7. The highest BCUT2D eigenvalue weighted by atomic mass is 35.5. The van der Waals surface area contributed by atoms with Crippen molar-refractivity contribution in [3.8, 4) is 0 Å². The molecule has 0 fully saturated rings. The molecule has 24 nitrogen and oxygen atoms in total. The predicted molar refractivity (Wildman–Crippen MR) is 526 cm³/mol. The van der Waals surface area contributed by atoms with E-state index in [0.717, 1.165) is 94.9 Å². The molecule has 6 aliphatic rings. The summed E-state index contributed by atoms with van der Waals surface area (Å²) < 4.78 is 74.0. The van der Waals surface area contributed by atoms with Gasteiger partial charge in [-0.2, -0.15) is 4.39 Å². The van der Waals surface area contributed by atoms with Crippen LogP contribution in [0.3, 0.4) is 0 Å². The Morgan fingerprint density at radius 2 is 0.572 bits per heavy atom. The summed E-state index contributed by atoms with van der Waals surface area (Å²) in [6.45, 7) is 33.2. The minimum atomic E-state index is -1.01. The van der Waals surface area contributed by atoms with Gasteiger partial charge in [-0.25, -0.2) is 23.7 Å². The summed E-state index contributed by atoms with van der Waals surface area (Å²) in [5.41, 5.74) is 16.0. The van der Waals surface area contributed by atoms with Crippen LogP contribution in [0.1, 0.15) is 246 Å². The van der Waals surface area contributed by atoms with Crippen LogP contribution in [0.5, 0.6) is 0 Å². The molecule has 18 rings (SSSR count). The second kappa shape index (κ2) is 41.7. The maximum atomic E-state index is 13.8. The Kier molecular flexibility index (Phi) is 31.5. The van der Waals surface area contributed by atoms with E-state index in [1.54, 1.807) is 87.8 Å². The number of aryl methyl sites for hydroxylation is 6. The van der Waals surface area contributed by atoms with Gasteiger partial charge in [-0.05, 0) is 277 Å². The van der Waals surface area contributed by atoms with Gasteiger partial charge in [0.05, 0.1) is 38.6 Å². The molecule has 0 atom stereocenters. The molecular weight excluding hydrogens is 1830 g/mol. The molecule has 0 bridgehead atoms. The van der Waals surface area contributed by atoms with Crippen molar-refractivity contribution in [1.29, 1.82) is 0 Å². The van der Waals surface area contributed by atoms with Crippen molar-refractivity contribution < 1.29 is 100 Å². The molecule has 36 heteroatoms. The van der Waals surface area contributed by atoms with E-state index in [1.165, 1.54) is 24.5 Å². The Morgan fingerprint density at radius 3 is 0.877 bits per heavy atom. The first-order valence-corrected chi connectivity index (χ1v) is 45.7. The van der Waals surface area contributed by atoms with Gasteiger partial charge >= 0.3 is 42.7 Å². The Bertz CT molecular complexity index is 6150. The van der Waals surface area contributed by atoms with Gasteiger partial charge in [0, 0.05) is 85.5 Å². The smallest absolute Gasteiger partial charge is 0.423 e. The van der Waals surface area contributed by atoms with Gasteiger partial charge in [0.1, 0.15) is 45.1 Å². The minimum Gasteiger partial charge on any atom is -0.423 e. The lowest BCUT2D eigenvalue weighted by molar-refractivity contribution is 0.0976.